The molecule has 0 aliphatic rings. The van der Waals surface area contributed by atoms with E-state index >= 15 is 0 Å². The minimum Gasteiger partial charge on any atom is -0.441 e. The first-order chi connectivity index (χ1) is 14.4. The Kier molecular flexibility index (Phi) is 5.42. The molecule has 0 amide bonds. The van der Waals surface area contributed by atoms with E-state index in [1.807, 2.05) is 55.5 Å². The minimum atomic E-state index is -3.79. The van der Waals surface area contributed by atoms with Crippen LogP contribution in [0, 0.1) is 13.8 Å². The summed E-state index contributed by atoms with van der Waals surface area (Å²) in [4.78, 5) is 4.83. The third-order valence-corrected chi connectivity index (χ3v) is 6.65. The van der Waals surface area contributed by atoms with E-state index in [1.54, 1.807) is 43.3 Å². The van der Waals surface area contributed by atoms with Crippen molar-refractivity contribution in [2.75, 3.05) is 4.31 Å². The largest absolute Gasteiger partial charge is 0.441 e. The number of nitrogens with zero attached hydrogens (tertiary/aromatic N) is 2. The summed E-state index contributed by atoms with van der Waals surface area (Å²) in [5.74, 6) is 1.07. The van der Waals surface area contributed by atoms with Crippen LogP contribution in [0.4, 0.5) is 5.69 Å². The van der Waals surface area contributed by atoms with Crippen LogP contribution in [-0.4, -0.2) is 13.4 Å². The first-order valence-corrected chi connectivity index (χ1v) is 11.1. The quantitative estimate of drug-likeness (QED) is 0.423. The first kappa shape index (κ1) is 19.9. The predicted molar refractivity (Wildman–Crippen MR) is 118 cm³/mol. The van der Waals surface area contributed by atoms with E-state index in [9.17, 15) is 8.42 Å². The summed E-state index contributed by atoms with van der Waals surface area (Å²) in [6, 6.07) is 25.5. The standard InChI is InChI=1S/C24H22N2O3S/c1-18-13-15-22(16-14-18)30(27,28)26(21-11-7-4-8-12-21)17-23-19(2)29-24(25-23)20-9-5-3-6-10-20/h3-16H,17H2,1-2H3. The smallest absolute Gasteiger partial charge is 0.264 e. The lowest BCUT2D eigenvalue weighted by Gasteiger charge is -2.24. The molecule has 5 nitrogen and oxygen atoms in total. The van der Waals surface area contributed by atoms with E-state index in [0.717, 1.165) is 11.1 Å². The minimum absolute atomic E-state index is 0.0718. The first-order valence-electron chi connectivity index (χ1n) is 9.61. The number of aryl methyl sites for hydroxylation is 2. The Labute approximate surface area is 176 Å². The second-order valence-corrected chi connectivity index (χ2v) is 8.91. The van der Waals surface area contributed by atoms with Gasteiger partial charge in [0.15, 0.2) is 0 Å². The van der Waals surface area contributed by atoms with Gasteiger partial charge in [-0.15, -0.1) is 0 Å². The van der Waals surface area contributed by atoms with Crippen molar-refractivity contribution in [1.29, 1.82) is 0 Å². The molecule has 152 valence electrons. The van der Waals surface area contributed by atoms with Crippen LogP contribution in [0.3, 0.4) is 0 Å². The monoisotopic (exact) mass is 418 g/mol. The molecule has 0 fully saturated rings. The highest BCUT2D eigenvalue weighted by atomic mass is 32.2. The highest BCUT2D eigenvalue weighted by Crippen LogP contribution is 2.28. The van der Waals surface area contributed by atoms with Crippen LogP contribution in [0.2, 0.25) is 0 Å². The Bertz CT molecular complexity index is 1230. The van der Waals surface area contributed by atoms with Gasteiger partial charge in [0.1, 0.15) is 11.5 Å². The summed E-state index contributed by atoms with van der Waals surface area (Å²) in [6.45, 7) is 3.80. The Morgan fingerprint density at radius 2 is 1.43 bits per heavy atom. The third-order valence-electron chi connectivity index (χ3n) is 4.86. The number of anilines is 1. The molecule has 3 aromatic carbocycles. The maximum Gasteiger partial charge on any atom is 0.264 e. The van der Waals surface area contributed by atoms with E-state index in [2.05, 4.69) is 4.98 Å². The molecular formula is C24H22N2O3S. The fourth-order valence-corrected chi connectivity index (χ4v) is 4.59. The molecule has 0 aliphatic carbocycles. The normalized spacial score (nSPS) is 11.4. The van der Waals surface area contributed by atoms with Crippen molar-refractivity contribution in [3.05, 3.63) is 102 Å². The molecule has 1 aromatic heterocycles. The molecule has 4 aromatic rings. The van der Waals surface area contributed by atoms with Crippen molar-refractivity contribution >= 4 is 15.7 Å². The summed E-state index contributed by atoms with van der Waals surface area (Å²) in [5, 5.41) is 0. The van der Waals surface area contributed by atoms with Crippen molar-refractivity contribution in [3.8, 4) is 11.5 Å². The molecule has 1 heterocycles. The van der Waals surface area contributed by atoms with Gasteiger partial charge in [0.25, 0.3) is 10.0 Å². The van der Waals surface area contributed by atoms with Crippen molar-refractivity contribution < 1.29 is 12.8 Å². The van der Waals surface area contributed by atoms with E-state index in [0.29, 0.717) is 23.0 Å². The summed E-state index contributed by atoms with van der Waals surface area (Å²) in [7, 11) is -3.79. The van der Waals surface area contributed by atoms with Gasteiger partial charge < -0.3 is 4.42 Å². The van der Waals surface area contributed by atoms with Gasteiger partial charge in [0.05, 0.1) is 17.1 Å². The fourth-order valence-electron chi connectivity index (χ4n) is 3.16. The molecule has 30 heavy (non-hydrogen) atoms. The summed E-state index contributed by atoms with van der Waals surface area (Å²) >= 11 is 0. The molecule has 0 spiro atoms. The molecule has 0 unspecified atom stereocenters. The zero-order valence-electron chi connectivity index (χ0n) is 16.8. The average molecular weight is 419 g/mol. The predicted octanol–water partition coefficient (Wildman–Crippen LogP) is 5.35. The molecule has 0 N–H and O–H groups in total. The average Bonchev–Trinajstić information content (AvgIpc) is 3.14. The van der Waals surface area contributed by atoms with Crippen LogP contribution in [0.5, 0.6) is 0 Å². The second-order valence-electron chi connectivity index (χ2n) is 7.05. The number of rotatable bonds is 6. The van der Waals surface area contributed by atoms with Crippen molar-refractivity contribution in [1.82, 2.24) is 4.98 Å². The van der Waals surface area contributed by atoms with Crippen molar-refractivity contribution in [3.63, 3.8) is 0 Å². The molecule has 0 saturated carbocycles. The van der Waals surface area contributed by atoms with Gasteiger partial charge in [-0.2, -0.15) is 0 Å². The number of oxazole rings is 1. The topological polar surface area (TPSA) is 63.4 Å². The number of benzene rings is 3. The number of hydrogen-bond donors (Lipinski definition) is 0. The van der Waals surface area contributed by atoms with Gasteiger partial charge >= 0.3 is 0 Å². The van der Waals surface area contributed by atoms with E-state index in [-0.39, 0.29) is 11.4 Å². The maximum atomic E-state index is 13.5. The van der Waals surface area contributed by atoms with Gasteiger partial charge in [0.2, 0.25) is 5.89 Å². The van der Waals surface area contributed by atoms with E-state index < -0.39 is 10.0 Å². The fraction of sp³-hybridized carbons (Fsp3) is 0.125. The Balaban J connectivity index is 1.75. The maximum absolute atomic E-state index is 13.5. The molecule has 6 heteroatoms. The van der Waals surface area contributed by atoms with Crippen LogP contribution in [-0.2, 0) is 16.6 Å². The van der Waals surface area contributed by atoms with Gasteiger partial charge in [-0.05, 0) is 50.2 Å². The Morgan fingerprint density at radius 3 is 2.07 bits per heavy atom. The molecular weight excluding hydrogens is 396 g/mol. The van der Waals surface area contributed by atoms with Gasteiger partial charge in [-0.3, -0.25) is 4.31 Å². The van der Waals surface area contributed by atoms with E-state index in [1.165, 1.54) is 4.31 Å². The molecule has 4 rings (SSSR count). The summed E-state index contributed by atoms with van der Waals surface area (Å²) in [5.41, 5.74) is 3.00. The molecule has 0 atom stereocenters. The van der Waals surface area contributed by atoms with Gasteiger partial charge in [-0.1, -0.05) is 54.1 Å². The second kappa shape index (κ2) is 8.16. The zero-order chi connectivity index (χ0) is 21.1. The van der Waals surface area contributed by atoms with Crippen LogP contribution in [0.1, 0.15) is 17.0 Å². The van der Waals surface area contributed by atoms with Crippen molar-refractivity contribution in [2.24, 2.45) is 0 Å². The van der Waals surface area contributed by atoms with Gasteiger partial charge in [0, 0.05) is 5.56 Å². The molecule has 0 radical (unpaired) electrons. The Hall–Kier alpha value is -3.38. The van der Waals surface area contributed by atoms with Crippen molar-refractivity contribution in [2.45, 2.75) is 25.3 Å². The highest BCUT2D eigenvalue weighted by Gasteiger charge is 2.27. The number of aromatic nitrogens is 1. The number of para-hydroxylation sites is 1. The zero-order valence-corrected chi connectivity index (χ0v) is 17.6. The molecule has 0 aliphatic heterocycles. The molecule has 0 bridgehead atoms. The lowest BCUT2D eigenvalue weighted by molar-refractivity contribution is 0.539. The van der Waals surface area contributed by atoms with Crippen LogP contribution in [0.25, 0.3) is 11.5 Å². The number of hydrogen-bond acceptors (Lipinski definition) is 4. The third kappa shape index (κ3) is 4.00. The summed E-state index contributed by atoms with van der Waals surface area (Å²) in [6.07, 6.45) is 0. The van der Waals surface area contributed by atoms with Gasteiger partial charge in [-0.25, -0.2) is 13.4 Å². The highest BCUT2D eigenvalue weighted by molar-refractivity contribution is 7.92. The van der Waals surface area contributed by atoms with Crippen LogP contribution >= 0.6 is 0 Å². The molecule has 0 saturated heterocycles. The number of sulfonamides is 1. The van der Waals surface area contributed by atoms with Crippen LogP contribution < -0.4 is 4.31 Å². The lowest BCUT2D eigenvalue weighted by Crippen LogP contribution is -2.31. The van der Waals surface area contributed by atoms with Crippen LogP contribution in [0.15, 0.2) is 94.2 Å². The lowest BCUT2D eigenvalue weighted by atomic mass is 10.2. The summed E-state index contributed by atoms with van der Waals surface area (Å²) < 4.78 is 34.2. The van der Waals surface area contributed by atoms with E-state index in [4.69, 9.17) is 4.42 Å². The Morgan fingerprint density at radius 1 is 0.833 bits per heavy atom. The SMILES string of the molecule is Cc1ccc(S(=O)(=O)N(Cc2nc(-c3ccccc3)oc2C)c2ccccc2)cc1.